The van der Waals surface area contributed by atoms with Gasteiger partial charge in [-0.05, 0) is 19.9 Å². The lowest BCUT2D eigenvalue weighted by Gasteiger charge is -2.18. The number of nitrogens with zero attached hydrogens (tertiary/aromatic N) is 3. The summed E-state index contributed by atoms with van der Waals surface area (Å²) >= 11 is 5.75. The molecule has 0 saturated heterocycles. The normalized spacial score (nSPS) is 11.6. The molecule has 0 unspecified atom stereocenters. The van der Waals surface area contributed by atoms with E-state index in [0.717, 1.165) is 0 Å². The van der Waals surface area contributed by atoms with Gasteiger partial charge in [0.25, 0.3) is 0 Å². The van der Waals surface area contributed by atoms with Gasteiger partial charge in [0.1, 0.15) is 5.67 Å². The molecule has 1 rings (SSSR count). The Morgan fingerprint density at radius 3 is 2.36 bits per heavy atom. The highest BCUT2D eigenvalue weighted by Gasteiger charge is 2.24. The number of hydrogen-bond donors (Lipinski definition) is 0. The molecule has 0 bridgehead atoms. The molecular weight excluding hydrogens is 205 g/mol. The second kappa shape index (κ2) is 3.69. The van der Waals surface area contributed by atoms with Crippen LogP contribution in [0.25, 0.3) is 0 Å². The van der Waals surface area contributed by atoms with Gasteiger partial charge in [0, 0.05) is 19.7 Å². The first-order chi connectivity index (χ1) is 6.32. The fraction of sp³-hybridized carbons (Fsp3) is 0.556. The van der Waals surface area contributed by atoms with Crippen LogP contribution < -0.4 is 4.90 Å². The minimum atomic E-state index is -1.50. The molecule has 3 nitrogen and oxygen atoms in total. The van der Waals surface area contributed by atoms with Crippen molar-refractivity contribution in [2.75, 3.05) is 19.0 Å². The molecule has 0 aliphatic carbocycles. The fourth-order valence-corrected chi connectivity index (χ4v) is 1.32. The molecule has 1 aromatic rings. The van der Waals surface area contributed by atoms with Gasteiger partial charge >= 0.3 is 0 Å². The SMILES string of the molecule is CN(C)c1cc(C(C)(C)F)c(Cl)nn1. The maximum atomic E-state index is 13.7. The highest BCUT2D eigenvalue weighted by molar-refractivity contribution is 6.30. The van der Waals surface area contributed by atoms with Crippen LogP contribution in [-0.2, 0) is 5.67 Å². The Hall–Kier alpha value is -0.900. The predicted molar refractivity (Wildman–Crippen MR) is 55.5 cm³/mol. The van der Waals surface area contributed by atoms with Crippen molar-refractivity contribution in [3.63, 3.8) is 0 Å². The second-order valence-electron chi connectivity index (χ2n) is 3.77. The van der Waals surface area contributed by atoms with Gasteiger partial charge in [0.15, 0.2) is 11.0 Å². The molecule has 0 spiro atoms. The molecular formula is C9H13ClFN3. The summed E-state index contributed by atoms with van der Waals surface area (Å²) in [5.74, 6) is 0.593. The summed E-state index contributed by atoms with van der Waals surface area (Å²) in [5, 5.41) is 7.64. The molecule has 0 N–H and O–H groups in total. The molecule has 0 aliphatic heterocycles. The molecule has 78 valence electrons. The lowest BCUT2D eigenvalue weighted by Crippen LogP contribution is -2.16. The number of halogens is 2. The molecule has 0 saturated carbocycles. The van der Waals surface area contributed by atoms with Crippen LogP contribution in [0.5, 0.6) is 0 Å². The van der Waals surface area contributed by atoms with Crippen LogP contribution in [0.4, 0.5) is 10.2 Å². The number of rotatable bonds is 2. The molecule has 0 fully saturated rings. The molecule has 1 heterocycles. The van der Waals surface area contributed by atoms with Crippen molar-refractivity contribution in [3.8, 4) is 0 Å². The first-order valence-corrected chi connectivity index (χ1v) is 4.60. The van der Waals surface area contributed by atoms with E-state index in [1.54, 1.807) is 11.0 Å². The number of hydrogen-bond acceptors (Lipinski definition) is 3. The summed E-state index contributed by atoms with van der Waals surface area (Å²) in [5.41, 5.74) is -1.14. The van der Waals surface area contributed by atoms with Gasteiger partial charge in [0.05, 0.1) is 0 Å². The van der Waals surface area contributed by atoms with E-state index in [4.69, 9.17) is 11.6 Å². The third-order valence-electron chi connectivity index (χ3n) is 1.83. The Morgan fingerprint density at radius 2 is 1.93 bits per heavy atom. The first kappa shape index (κ1) is 11.2. The zero-order chi connectivity index (χ0) is 10.9. The lowest BCUT2D eigenvalue weighted by molar-refractivity contribution is 0.220. The summed E-state index contributed by atoms with van der Waals surface area (Å²) in [6, 6.07) is 1.61. The van der Waals surface area contributed by atoms with E-state index in [1.807, 2.05) is 14.1 Å². The maximum absolute atomic E-state index is 13.7. The van der Waals surface area contributed by atoms with E-state index in [2.05, 4.69) is 10.2 Å². The highest BCUT2D eigenvalue weighted by Crippen LogP contribution is 2.30. The van der Waals surface area contributed by atoms with Crippen molar-refractivity contribution in [2.24, 2.45) is 0 Å². The van der Waals surface area contributed by atoms with Gasteiger partial charge in [-0.3, -0.25) is 0 Å². The van der Waals surface area contributed by atoms with Crippen molar-refractivity contribution < 1.29 is 4.39 Å². The summed E-state index contributed by atoms with van der Waals surface area (Å²) in [7, 11) is 3.62. The van der Waals surface area contributed by atoms with Crippen LogP contribution in [0, 0.1) is 0 Å². The average Bonchev–Trinajstić information content (AvgIpc) is 2.02. The molecule has 0 aliphatic rings. The fourth-order valence-electron chi connectivity index (χ4n) is 1.00. The van der Waals surface area contributed by atoms with Crippen LogP contribution in [0.1, 0.15) is 19.4 Å². The van der Waals surface area contributed by atoms with Crippen molar-refractivity contribution >= 4 is 17.4 Å². The largest absolute Gasteiger partial charge is 0.361 e. The monoisotopic (exact) mass is 217 g/mol. The summed E-state index contributed by atoms with van der Waals surface area (Å²) in [4.78, 5) is 1.75. The predicted octanol–water partition coefficient (Wildman–Crippen LogP) is 2.40. The second-order valence-corrected chi connectivity index (χ2v) is 4.13. The third-order valence-corrected chi connectivity index (χ3v) is 2.11. The van der Waals surface area contributed by atoms with Gasteiger partial charge in [0.2, 0.25) is 0 Å². The Bertz CT molecular complexity index is 333. The van der Waals surface area contributed by atoms with E-state index in [-0.39, 0.29) is 5.15 Å². The molecule has 0 amide bonds. The van der Waals surface area contributed by atoms with Crippen molar-refractivity contribution in [1.29, 1.82) is 0 Å². The van der Waals surface area contributed by atoms with Crippen LogP contribution in [-0.4, -0.2) is 24.3 Å². The topological polar surface area (TPSA) is 29.0 Å². The summed E-state index contributed by atoms with van der Waals surface area (Å²) in [6.45, 7) is 2.88. The van der Waals surface area contributed by atoms with E-state index < -0.39 is 5.67 Å². The van der Waals surface area contributed by atoms with Gasteiger partial charge in [-0.2, -0.15) is 0 Å². The van der Waals surface area contributed by atoms with Crippen molar-refractivity contribution in [3.05, 3.63) is 16.8 Å². The minimum Gasteiger partial charge on any atom is -0.361 e. The smallest absolute Gasteiger partial charge is 0.158 e. The van der Waals surface area contributed by atoms with Crippen LogP contribution >= 0.6 is 11.6 Å². The Morgan fingerprint density at radius 1 is 1.36 bits per heavy atom. The lowest BCUT2D eigenvalue weighted by atomic mass is 10.0. The van der Waals surface area contributed by atoms with Crippen molar-refractivity contribution in [2.45, 2.75) is 19.5 Å². The van der Waals surface area contributed by atoms with Gasteiger partial charge < -0.3 is 4.90 Å². The van der Waals surface area contributed by atoms with Gasteiger partial charge in [-0.15, -0.1) is 10.2 Å². The minimum absolute atomic E-state index is 0.114. The molecule has 5 heteroatoms. The Balaban J connectivity index is 3.22. The van der Waals surface area contributed by atoms with E-state index in [0.29, 0.717) is 11.4 Å². The van der Waals surface area contributed by atoms with Crippen molar-refractivity contribution in [1.82, 2.24) is 10.2 Å². The molecule has 0 atom stereocenters. The quantitative estimate of drug-likeness (QED) is 0.762. The summed E-state index contributed by atoms with van der Waals surface area (Å²) < 4.78 is 13.7. The average molecular weight is 218 g/mol. The highest BCUT2D eigenvalue weighted by atomic mass is 35.5. The first-order valence-electron chi connectivity index (χ1n) is 4.22. The Labute approximate surface area is 87.9 Å². The van der Waals surface area contributed by atoms with Crippen LogP contribution in [0.15, 0.2) is 6.07 Å². The number of alkyl halides is 1. The maximum Gasteiger partial charge on any atom is 0.158 e. The summed E-state index contributed by atoms with van der Waals surface area (Å²) in [6.07, 6.45) is 0. The van der Waals surface area contributed by atoms with Gasteiger partial charge in [-0.25, -0.2) is 4.39 Å². The zero-order valence-electron chi connectivity index (χ0n) is 8.67. The van der Waals surface area contributed by atoms with E-state index in [9.17, 15) is 4.39 Å². The molecule has 0 aromatic carbocycles. The third kappa shape index (κ3) is 2.32. The van der Waals surface area contributed by atoms with E-state index >= 15 is 0 Å². The van der Waals surface area contributed by atoms with Crippen LogP contribution in [0.3, 0.4) is 0 Å². The van der Waals surface area contributed by atoms with Gasteiger partial charge in [-0.1, -0.05) is 11.6 Å². The zero-order valence-corrected chi connectivity index (χ0v) is 9.43. The number of anilines is 1. The standard InChI is InChI=1S/C9H13ClFN3/c1-9(2,11)6-5-7(14(3)4)12-13-8(6)10/h5H,1-4H3. The van der Waals surface area contributed by atoms with E-state index in [1.165, 1.54) is 13.8 Å². The number of aromatic nitrogens is 2. The Kier molecular flexibility index (Phi) is 2.95. The molecule has 0 radical (unpaired) electrons. The van der Waals surface area contributed by atoms with Crippen LogP contribution in [0.2, 0.25) is 5.15 Å². The molecule has 1 aromatic heterocycles. The molecule has 14 heavy (non-hydrogen) atoms.